The molecule has 62 valence electrons. The van der Waals surface area contributed by atoms with E-state index in [2.05, 4.69) is 6.07 Å². The summed E-state index contributed by atoms with van der Waals surface area (Å²) in [7, 11) is 0. The molecule has 0 saturated heterocycles. The lowest BCUT2D eigenvalue weighted by molar-refractivity contribution is 1.22. The smallest absolute Gasteiger partial charge is 0.0670 e. The molecule has 0 unspecified atom stereocenters. The van der Waals surface area contributed by atoms with Gasteiger partial charge in [0.05, 0.1) is 12.5 Å². The molecule has 0 saturated carbocycles. The predicted molar refractivity (Wildman–Crippen MR) is 50.2 cm³/mol. The quantitative estimate of drug-likeness (QED) is 0.650. The van der Waals surface area contributed by atoms with Crippen LogP contribution in [-0.4, -0.2) is 0 Å². The van der Waals surface area contributed by atoms with Crippen molar-refractivity contribution in [2.75, 3.05) is 0 Å². The van der Waals surface area contributed by atoms with E-state index in [0.717, 1.165) is 21.7 Å². The van der Waals surface area contributed by atoms with Crippen molar-refractivity contribution in [3.05, 3.63) is 33.8 Å². The zero-order valence-corrected chi connectivity index (χ0v) is 7.94. The third-order valence-electron chi connectivity index (χ3n) is 1.74. The molecule has 1 aromatic carbocycles. The number of nitrogens with zero attached hydrogens (tertiary/aromatic N) is 1. The molecular weight excluding hydrogens is 170 g/mol. The van der Waals surface area contributed by atoms with Gasteiger partial charge in [-0.1, -0.05) is 29.3 Å². The first kappa shape index (κ1) is 9.09. The number of rotatable bonds is 1. The molecule has 1 rings (SSSR count). The standard InChI is InChI=1S/C10H10ClN/c1-7-5-8(2)10(11)9(6-7)3-4-12/h5-6H,3H2,1-2H3. The van der Waals surface area contributed by atoms with E-state index in [1.807, 2.05) is 26.0 Å². The third kappa shape index (κ3) is 1.78. The summed E-state index contributed by atoms with van der Waals surface area (Å²) >= 11 is 5.99. The Bertz CT molecular complexity index is 336. The zero-order valence-electron chi connectivity index (χ0n) is 7.19. The highest BCUT2D eigenvalue weighted by Gasteiger charge is 2.03. The minimum atomic E-state index is 0.390. The van der Waals surface area contributed by atoms with E-state index in [1.165, 1.54) is 0 Å². The Morgan fingerprint density at radius 3 is 2.67 bits per heavy atom. The molecule has 0 radical (unpaired) electrons. The van der Waals surface area contributed by atoms with E-state index in [-0.39, 0.29) is 0 Å². The first-order chi connectivity index (χ1) is 5.65. The average molecular weight is 180 g/mol. The number of benzene rings is 1. The topological polar surface area (TPSA) is 23.8 Å². The fourth-order valence-electron chi connectivity index (χ4n) is 1.25. The van der Waals surface area contributed by atoms with Gasteiger partial charge in [0.2, 0.25) is 0 Å². The fraction of sp³-hybridized carbons (Fsp3) is 0.300. The van der Waals surface area contributed by atoms with Crippen molar-refractivity contribution >= 4 is 11.6 Å². The highest BCUT2D eigenvalue weighted by atomic mass is 35.5. The maximum Gasteiger partial charge on any atom is 0.0670 e. The second-order valence-corrected chi connectivity index (χ2v) is 3.27. The molecule has 0 aliphatic rings. The zero-order chi connectivity index (χ0) is 9.14. The normalized spacial score (nSPS) is 9.50. The van der Waals surface area contributed by atoms with Crippen molar-refractivity contribution in [2.45, 2.75) is 20.3 Å². The molecule has 0 amide bonds. The third-order valence-corrected chi connectivity index (χ3v) is 2.28. The van der Waals surface area contributed by atoms with Crippen LogP contribution in [0.1, 0.15) is 16.7 Å². The summed E-state index contributed by atoms with van der Waals surface area (Å²) in [5, 5.41) is 9.24. The van der Waals surface area contributed by atoms with Crippen molar-refractivity contribution in [3.8, 4) is 6.07 Å². The molecule has 0 bridgehead atoms. The molecule has 12 heavy (non-hydrogen) atoms. The average Bonchev–Trinajstić information content (AvgIpc) is 2.00. The molecule has 0 atom stereocenters. The summed E-state index contributed by atoms with van der Waals surface area (Å²) < 4.78 is 0. The Balaban J connectivity index is 3.20. The fourth-order valence-corrected chi connectivity index (χ4v) is 1.43. The molecule has 0 aliphatic heterocycles. The SMILES string of the molecule is Cc1cc(C)c(Cl)c(CC#N)c1. The molecule has 0 aromatic heterocycles. The Labute approximate surface area is 77.6 Å². The van der Waals surface area contributed by atoms with Crippen molar-refractivity contribution in [1.82, 2.24) is 0 Å². The molecule has 0 aliphatic carbocycles. The van der Waals surface area contributed by atoms with Crippen LogP contribution in [0.5, 0.6) is 0 Å². The summed E-state index contributed by atoms with van der Waals surface area (Å²) in [6.07, 6.45) is 0.390. The Morgan fingerprint density at radius 1 is 1.42 bits per heavy atom. The lowest BCUT2D eigenvalue weighted by Gasteiger charge is -2.04. The van der Waals surface area contributed by atoms with E-state index in [0.29, 0.717) is 6.42 Å². The van der Waals surface area contributed by atoms with Crippen molar-refractivity contribution in [3.63, 3.8) is 0 Å². The monoisotopic (exact) mass is 179 g/mol. The van der Waals surface area contributed by atoms with Crippen LogP contribution in [0.3, 0.4) is 0 Å². The van der Waals surface area contributed by atoms with Crippen LogP contribution >= 0.6 is 11.6 Å². The molecule has 0 heterocycles. The van der Waals surface area contributed by atoms with Gasteiger partial charge < -0.3 is 0 Å². The minimum absolute atomic E-state index is 0.390. The minimum Gasteiger partial charge on any atom is -0.198 e. The first-order valence-electron chi connectivity index (χ1n) is 3.77. The Hall–Kier alpha value is -1.00. The predicted octanol–water partition coefficient (Wildman–Crippen LogP) is 3.02. The largest absolute Gasteiger partial charge is 0.198 e. The van der Waals surface area contributed by atoms with Gasteiger partial charge in [-0.3, -0.25) is 0 Å². The Morgan fingerprint density at radius 2 is 2.08 bits per heavy atom. The number of aryl methyl sites for hydroxylation is 2. The number of hydrogen-bond acceptors (Lipinski definition) is 1. The lowest BCUT2D eigenvalue weighted by Crippen LogP contribution is -1.88. The number of hydrogen-bond donors (Lipinski definition) is 0. The maximum absolute atomic E-state index is 8.52. The van der Waals surface area contributed by atoms with Crippen molar-refractivity contribution in [1.29, 1.82) is 5.26 Å². The number of halogens is 1. The van der Waals surface area contributed by atoms with Crippen LogP contribution in [0.15, 0.2) is 12.1 Å². The van der Waals surface area contributed by atoms with Gasteiger partial charge in [0, 0.05) is 5.02 Å². The van der Waals surface area contributed by atoms with E-state index < -0.39 is 0 Å². The molecule has 0 spiro atoms. The van der Waals surface area contributed by atoms with Crippen LogP contribution in [0.4, 0.5) is 0 Å². The summed E-state index contributed by atoms with van der Waals surface area (Å²) in [5.74, 6) is 0. The van der Waals surface area contributed by atoms with Gasteiger partial charge in [-0.2, -0.15) is 5.26 Å². The van der Waals surface area contributed by atoms with Crippen LogP contribution in [0.2, 0.25) is 5.02 Å². The number of nitriles is 1. The van der Waals surface area contributed by atoms with Gasteiger partial charge in [0.25, 0.3) is 0 Å². The van der Waals surface area contributed by atoms with E-state index in [4.69, 9.17) is 16.9 Å². The van der Waals surface area contributed by atoms with Gasteiger partial charge in [-0.25, -0.2) is 0 Å². The molecule has 1 nitrogen and oxygen atoms in total. The molecule has 1 aromatic rings. The van der Waals surface area contributed by atoms with E-state index in [9.17, 15) is 0 Å². The van der Waals surface area contributed by atoms with Gasteiger partial charge in [0.1, 0.15) is 0 Å². The van der Waals surface area contributed by atoms with E-state index in [1.54, 1.807) is 0 Å². The van der Waals surface area contributed by atoms with Crippen LogP contribution < -0.4 is 0 Å². The van der Waals surface area contributed by atoms with Crippen LogP contribution in [-0.2, 0) is 6.42 Å². The first-order valence-corrected chi connectivity index (χ1v) is 4.15. The van der Waals surface area contributed by atoms with Crippen LogP contribution in [0.25, 0.3) is 0 Å². The second-order valence-electron chi connectivity index (χ2n) is 2.89. The Kier molecular flexibility index (Phi) is 2.73. The lowest BCUT2D eigenvalue weighted by atomic mass is 10.1. The maximum atomic E-state index is 8.52. The second kappa shape index (κ2) is 3.60. The summed E-state index contributed by atoms with van der Waals surface area (Å²) in [6, 6.07) is 6.07. The van der Waals surface area contributed by atoms with Crippen molar-refractivity contribution in [2.24, 2.45) is 0 Å². The van der Waals surface area contributed by atoms with Crippen LogP contribution in [0, 0.1) is 25.2 Å². The summed E-state index contributed by atoms with van der Waals surface area (Å²) in [6.45, 7) is 3.96. The molecule has 2 heteroatoms. The highest BCUT2D eigenvalue weighted by molar-refractivity contribution is 6.32. The molecule has 0 fully saturated rings. The molecular formula is C10H10ClN. The summed E-state index contributed by atoms with van der Waals surface area (Å²) in [4.78, 5) is 0. The summed E-state index contributed by atoms with van der Waals surface area (Å²) in [5.41, 5.74) is 3.13. The molecule has 0 N–H and O–H groups in total. The van der Waals surface area contributed by atoms with Crippen molar-refractivity contribution < 1.29 is 0 Å². The van der Waals surface area contributed by atoms with Gasteiger partial charge in [0.15, 0.2) is 0 Å². The highest BCUT2D eigenvalue weighted by Crippen LogP contribution is 2.22. The van der Waals surface area contributed by atoms with Gasteiger partial charge in [-0.05, 0) is 25.0 Å². The van der Waals surface area contributed by atoms with Gasteiger partial charge >= 0.3 is 0 Å². The van der Waals surface area contributed by atoms with E-state index >= 15 is 0 Å². The van der Waals surface area contributed by atoms with Gasteiger partial charge in [-0.15, -0.1) is 0 Å².